The van der Waals surface area contributed by atoms with Crippen molar-refractivity contribution in [3.05, 3.63) is 42.2 Å². The van der Waals surface area contributed by atoms with Gasteiger partial charge in [0.25, 0.3) is 0 Å². The van der Waals surface area contributed by atoms with Crippen LogP contribution in [0.15, 0.2) is 41.5 Å². The van der Waals surface area contributed by atoms with Gasteiger partial charge >= 0.3 is 16.3 Å². The number of hydrogen-bond acceptors (Lipinski definition) is 3. The van der Waals surface area contributed by atoms with Crippen molar-refractivity contribution in [2.75, 3.05) is 0 Å². The van der Waals surface area contributed by atoms with Gasteiger partial charge in [0.2, 0.25) is 0 Å². The first-order valence-corrected chi connectivity index (χ1v) is 6.75. The largest absolute Gasteiger partial charge is 0.416 e. The average molecular weight is 294 g/mol. The van der Waals surface area contributed by atoms with Crippen LogP contribution in [0.4, 0.5) is 13.2 Å². The first-order chi connectivity index (χ1) is 8.54. The van der Waals surface area contributed by atoms with Crippen LogP contribution in [0.1, 0.15) is 19.4 Å². The molecular weight excluding hydrogens is 281 g/mol. The molecule has 0 aliphatic heterocycles. The van der Waals surface area contributed by atoms with Crippen LogP contribution in [0.25, 0.3) is 0 Å². The summed E-state index contributed by atoms with van der Waals surface area (Å²) in [5.74, 6) is -0.191. The molecule has 0 fully saturated rings. The van der Waals surface area contributed by atoms with Crippen LogP contribution in [0.5, 0.6) is 0 Å². The Morgan fingerprint density at radius 3 is 2.05 bits per heavy atom. The molecule has 1 aromatic carbocycles. The molecule has 19 heavy (non-hydrogen) atoms. The Morgan fingerprint density at radius 1 is 1.21 bits per heavy atom. The lowest BCUT2D eigenvalue weighted by atomic mass is 10.2. The Hall–Kier alpha value is -1.50. The van der Waals surface area contributed by atoms with E-state index in [-0.39, 0.29) is 16.6 Å². The van der Waals surface area contributed by atoms with Crippen molar-refractivity contribution < 1.29 is 25.8 Å². The van der Waals surface area contributed by atoms with E-state index in [1.54, 1.807) is 13.8 Å². The quantitative estimate of drug-likeness (QED) is 0.629. The summed E-state index contributed by atoms with van der Waals surface area (Å²) in [6, 6.07) is 3.08. The minimum atomic E-state index is -4.51. The van der Waals surface area contributed by atoms with E-state index in [1.165, 1.54) is 0 Å². The van der Waals surface area contributed by atoms with Crippen LogP contribution in [0.2, 0.25) is 0 Å². The molecule has 0 aliphatic carbocycles. The zero-order chi connectivity index (χ0) is 14.8. The number of hydrogen-bond donors (Lipinski definition) is 0. The third-order valence-electron chi connectivity index (χ3n) is 2.33. The second-order valence-electron chi connectivity index (χ2n) is 4.18. The van der Waals surface area contributed by atoms with Crippen LogP contribution < -0.4 is 0 Å². The third-order valence-corrected chi connectivity index (χ3v) is 3.61. The summed E-state index contributed by atoms with van der Waals surface area (Å²) in [5.41, 5.74) is -0.922. The molecule has 7 heteroatoms. The van der Waals surface area contributed by atoms with Crippen molar-refractivity contribution in [1.82, 2.24) is 0 Å². The molecule has 0 N–H and O–H groups in total. The lowest BCUT2D eigenvalue weighted by Gasteiger charge is -2.12. The highest BCUT2D eigenvalue weighted by Crippen LogP contribution is 2.30. The molecule has 0 bridgehead atoms. The van der Waals surface area contributed by atoms with Crippen LogP contribution >= 0.6 is 0 Å². The molecule has 0 atom stereocenters. The topological polar surface area (TPSA) is 43.4 Å². The van der Waals surface area contributed by atoms with E-state index in [2.05, 4.69) is 6.58 Å². The molecule has 0 aromatic heterocycles. The smallest absolute Gasteiger partial charge is 0.384 e. The van der Waals surface area contributed by atoms with Gasteiger partial charge in [0, 0.05) is 5.92 Å². The molecule has 106 valence electrons. The third kappa shape index (κ3) is 3.99. The van der Waals surface area contributed by atoms with Gasteiger partial charge in [-0.05, 0) is 24.3 Å². The summed E-state index contributed by atoms with van der Waals surface area (Å²) in [6.45, 7) is 6.81. The lowest BCUT2D eigenvalue weighted by molar-refractivity contribution is -0.137. The Labute approximate surface area is 109 Å². The SMILES string of the molecule is C=C(OS(=O)(=O)c1ccc(C(F)(F)F)cc1)C(C)C. The highest BCUT2D eigenvalue weighted by Gasteiger charge is 2.31. The summed E-state index contributed by atoms with van der Waals surface area (Å²) in [7, 11) is -4.13. The Kier molecular flexibility index (Phi) is 4.29. The van der Waals surface area contributed by atoms with E-state index in [0.717, 1.165) is 12.1 Å². The highest BCUT2D eigenvalue weighted by molar-refractivity contribution is 7.86. The number of alkyl halides is 3. The fraction of sp³-hybridized carbons (Fsp3) is 0.333. The van der Waals surface area contributed by atoms with Gasteiger partial charge < -0.3 is 4.18 Å². The maximum absolute atomic E-state index is 12.3. The first kappa shape index (κ1) is 15.6. The van der Waals surface area contributed by atoms with Crippen LogP contribution in [0, 0.1) is 5.92 Å². The highest BCUT2D eigenvalue weighted by atomic mass is 32.2. The Bertz CT molecular complexity index is 557. The van der Waals surface area contributed by atoms with Crippen molar-refractivity contribution in [1.29, 1.82) is 0 Å². The zero-order valence-electron chi connectivity index (χ0n) is 10.4. The van der Waals surface area contributed by atoms with E-state index in [9.17, 15) is 21.6 Å². The van der Waals surface area contributed by atoms with Gasteiger partial charge in [-0.25, -0.2) is 0 Å². The maximum Gasteiger partial charge on any atom is 0.416 e. The standard InChI is InChI=1S/C12H13F3O3S/c1-8(2)9(3)18-19(16,17)11-6-4-10(5-7-11)12(13,14)15/h4-8H,3H2,1-2H3. The molecule has 0 radical (unpaired) electrons. The summed E-state index contributed by atoms with van der Waals surface area (Å²) in [4.78, 5) is -0.345. The fourth-order valence-electron chi connectivity index (χ4n) is 1.10. The van der Waals surface area contributed by atoms with Gasteiger partial charge in [-0.2, -0.15) is 21.6 Å². The maximum atomic E-state index is 12.3. The molecule has 1 aromatic rings. The molecule has 0 spiro atoms. The number of benzene rings is 1. The van der Waals surface area contributed by atoms with Crippen molar-refractivity contribution in [2.24, 2.45) is 5.92 Å². The van der Waals surface area contributed by atoms with E-state index >= 15 is 0 Å². The average Bonchev–Trinajstić information content (AvgIpc) is 2.27. The molecule has 0 saturated carbocycles. The molecule has 0 saturated heterocycles. The van der Waals surface area contributed by atoms with E-state index in [1.807, 2.05) is 0 Å². The van der Waals surface area contributed by atoms with Crippen LogP contribution in [-0.2, 0) is 20.5 Å². The van der Waals surface area contributed by atoms with E-state index in [4.69, 9.17) is 4.18 Å². The zero-order valence-corrected chi connectivity index (χ0v) is 11.2. The summed E-state index contributed by atoms with van der Waals surface area (Å²) < 4.78 is 65.2. The van der Waals surface area contributed by atoms with Crippen LogP contribution in [0.3, 0.4) is 0 Å². The van der Waals surface area contributed by atoms with Crippen molar-refractivity contribution in [3.8, 4) is 0 Å². The van der Waals surface area contributed by atoms with Crippen molar-refractivity contribution in [2.45, 2.75) is 24.9 Å². The summed E-state index contributed by atoms with van der Waals surface area (Å²) >= 11 is 0. The number of allylic oxidation sites excluding steroid dienone is 1. The summed E-state index contributed by atoms with van der Waals surface area (Å²) in [6.07, 6.45) is -4.51. The molecular formula is C12H13F3O3S. The monoisotopic (exact) mass is 294 g/mol. The molecule has 3 nitrogen and oxygen atoms in total. The van der Waals surface area contributed by atoms with Gasteiger partial charge in [0.1, 0.15) is 10.7 Å². The van der Waals surface area contributed by atoms with E-state index < -0.39 is 21.9 Å². The van der Waals surface area contributed by atoms with Crippen molar-refractivity contribution >= 4 is 10.1 Å². The minimum Gasteiger partial charge on any atom is -0.384 e. The normalized spacial score (nSPS) is 12.5. The van der Waals surface area contributed by atoms with Gasteiger partial charge in [0.15, 0.2) is 0 Å². The predicted octanol–water partition coefficient (Wildman–Crippen LogP) is 3.58. The second-order valence-corrected chi connectivity index (χ2v) is 5.73. The fourth-order valence-corrected chi connectivity index (χ4v) is 2.14. The predicted molar refractivity (Wildman–Crippen MR) is 63.7 cm³/mol. The molecule has 0 amide bonds. The minimum absolute atomic E-state index is 0.0277. The first-order valence-electron chi connectivity index (χ1n) is 5.34. The molecule has 0 heterocycles. The molecule has 1 rings (SSSR count). The van der Waals surface area contributed by atoms with Crippen LogP contribution in [-0.4, -0.2) is 8.42 Å². The molecule has 0 unspecified atom stereocenters. The Balaban J connectivity index is 3.01. The lowest BCUT2D eigenvalue weighted by Crippen LogP contribution is -2.10. The number of rotatable bonds is 4. The number of halogens is 3. The second kappa shape index (κ2) is 5.24. The van der Waals surface area contributed by atoms with Gasteiger partial charge in [0.05, 0.1) is 5.56 Å². The van der Waals surface area contributed by atoms with Crippen molar-refractivity contribution in [3.63, 3.8) is 0 Å². The summed E-state index contributed by atoms with van der Waals surface area (Å²) in [5, 5.41) is 0. The molecule has 0 aliphatic rings. The van der Waals surface area contributed by atoms with E-state index in [0.29, 0.717) is 12.1 Å². The van der Waals surface area contributed by atoms with Gasteiger partial charge in [-0.3, -0.25) is 0 Å². The Morgan fingerprint density at radius 2 is 1.68 bits per heavy atom. The van der Waals surface area contributed by atoms with Gasteiger partial charge in [-0.1, -0.05) is 20.4 Å². The van der Waals surface area contributed by atoms with Gasteiger partial charge in [-0.15, -0.1) is 0 Å².